The van der Waals surface area contributed by atoms with E-state index in [-0.39, 0.29) is 11.9 Å². The lowest BCUT2D eigenvalue weighted by atomic mass is 10.0. The van der Waals surface area contributed by atoms with Crippen molar-refractivity contribution >= 4 is 17.6 Å². The molecular formula is C14H16N2O3. The van der Waals surface area contributed by atoms with Crippen LogP contribution in [0.25, 0.3) is 0 Å². The highest BCUT2D eigenvalue weighted by atomic mass is 16.4. The molecule has 5 heteroatoms. The van der Waals surface area contributed by atoms with E-state index in [2.05, 4.69) is 0 Å². The lowest BCUT2D eigenvalue weighted by molar-refractivity contribution is -0.138. The minimum atomic E-state index is -0.825. The van der Waals surface area contributed by atoms with Crippen molar-refractivity contribution in [3.05, 3.63) is 29.8 Å². The molecule has 19 heavy (non-hydrogen) atoms. The molecule has 0 saturated carbocycles. The fourth-order valence-electron chi connectivity index (χ4n) is 3.04. The van der Waals surface area contributed by atoms with E-state index in [1.807, 2.05) is 29.2 Å². The summed E-state index contributed by atoms with van der Waals surface area (Å²) in [7, 11) is 1.79. The van der Waals surface area contributed by atoms with Gasteiger partial charge in [-0.25, -0.2) is 0 Å². The second-order valence-corrected chi connectivity index (χ2v) is 5.17. The number of benzene rings is 1. The smallest absolute Gasteiger partial charge is 0.312 e. The minimum absolute atomic E-state index is 0.0841. The Morgan fingerprint density at radius 1 is 1.37 bits per heavy atom. The first-order valence-electron chi connectivity index (χ1n) is 6.43. The third kappa shape index (κ3) is 1.77. The molecule has 1 N–H and O–H groups in total. The predicted molar refractivity (Wildman–Crippen MR) is 70.2 cm³/mol. The molecule has 2 unspecified atom stereocenters. The number of hydrogen-bond acceptors (Lipinski definition) is 3. The maximum Gasteiger partial charge on any atom is 0.312 e. The molecule has 0 spiro atoms. The summed E-state index contributed by atoms with van der Waals surface area (Å²) in [5, 5.41) is 9.32. The topological polar surface area (TPSA) is 60.9 Å². The number of rotatable bonds is 2. The van der Waals surface area contributed by atoms with Crippen molar-refractivity contribution in [2.45, 2.75) is 18.4 Å². The summed E-state index contributed by atoms with van der Waals surface area (Å²) in [6, 6.07) is 7.27. The molecule has 0 bridgehead atoms. The van der Waals surface area contributed by atoms with Crippen molar-refractivity contribution in [2.75, 3.05) is 25.0 Å². The number of nitrogens with zero attached hydrogens (tertiary/aromatic N) is 2. The van der Waals surface area contributed by atoms with Crippen LogP contribution >= 0.6 is 0 Å². The number of carboxylic acids is 1. The van der Waals surface area contributed by atoms with E-state index in [0.717, 1.165) is 24.2 Å². The van der Waals surface area contributed by atoms with Gasteiger partial charge in [-0.2, -0.15) is 0 Å². The SMILES string of the molecule is CN1CCC(N2CC(C(=O)O)c3ccccc32)C1=O. The fourth-order valence-corrected chi connectivity index (χ4v) is 3.04. The zero-order valence-corrected chi connectivity index (χ0v) is 10.7. The average molecular weight is 260 g/mol. The van der Waals surface area contributed by atoms with Gasteiger partial charge in [-0.15, -0.1) is 0 Å². The molecule has 2 aliphatic rings. The highest BCUT2D eigenvalue weighted by Crippen LogP contribution is 2.39. The number of anilines is 1. The number of likely N-dealkylation sites (tertiary alicyclic amines) is 1. The Balaban J connectivity index is 1.97. The van der Waals surface area contributed by atoms with Gasteiger partial charge in [-0.3, -0.25) is 9.59 Å². The third-order valence-electron chi connectivity index (χ3n) is 4.07. The maximum absolute atomic E-state index is 12.1. The molecule has 1 saturated heterocycles. The number of hydrogen-bond donors (Lipinski definition) is 1. The van der Waals surface area contributed by atoms with E-state index in [1.54, 1.807) is 11.9 Å². The molecule has 1 amide bonds. The van der Waals surface area contributed by atoms with E-state index in [9.17, 15) is 14.7 Å². The first kappa shape index (κ1) is 12.0. The third-order valence-corrected chi connectivity index (χ3v) is 4.07. The summed E-state index contributed by atoms with van der Waals surface area (Å²) >= 11 is 0. The number of carboxylic acid groups (broad SMARTS) is 1. The van der Waals surface area contributed by atoms with Crippen LogP contribution in [0.2, 0.25) is 0 Å². The van der Waals surface area contributed by atoms with E-state index in [1.165, 1.54) is 0 Å². The van der Waals surface area contributed by atoms with Crippen molar-refractivity contribution in [1.82, 2.24) is 4.90 Å². The van der Waals surface area contributed by atoms with Gasteiger partial charge in [0.25, 0.3) is 0 Å². The summed E-state index contributed by atoms with van der Waals surface area (Å²) in [6.07, 6.45) is 0.760. The van der Waals surface area contributed by atoms with Crippen molar-refractivity contribution in [3.63, 3.8) is 0 Å². The van der Waals surface area contributed by atoms with Crippen molar-refractivity contribution < 1.29 is 14.7 Å². The molecule has 2 heterocycles. The van der Waals surface area contributed by atoms with Crippen molar-refractivity contribution in [1.29, 1.82) is 0 Å². The van der Waals surface area contributed by atoms with E-state index < -0.39 is 11.9 Å². The Morgan fingerprint density at radius 2 is 2.11 bits per heavy atom. The summed E-state index contributed by atoms with van der Waals surface area (Å²) in [6.45, 7) is 1.12. The monoisotopic (exact) mass is 260 g/mol. The second kappa shape index (κ2) is 4.26. The molecule has 0 radical (unpaired) electrons. The van der Waals surface area contributed by atoms with Gasteiger partial charge >= 0.3 is 5.97 Å². The van der Waals surface area contributed by atoms with Crippen molar-refractivity contribution in [2.24, 2.45) is 0 Å². The van der Waals surface area contributed by atoms with Gasteiger partial charge in [0.1, 0.15) is 12.0 Å². The summed E-state index contributed by atoms with van der Waals surface area (Å²) in [5.41, 5.74) is 1.71. The average Bonchev–Trinajstić information content (AvgIpc) is 2.92. The fraction of sp³-hybridized carbons (Fsp3) is 0.429. The first-order valence-corrected chi connectivity index (χ1v) is 6.43. The van der Waals surface area contributed by atoms with Gasteiger partial charge in [0, 0.05) is 25.8 Å². The summed E-state index contributed by atoms with van der Waals surface area (Å²) < 4.78 is 0. The Bertz CT molecular complexity index is 543. The quantitative estimate of drug-likeness (QED) is 0.858. The molecule has 1 aromatic rings. The molecule has 2 aliphatic heterocycles. The molecule has 1 aromatic carbocycles. The number of carbonyl (C=O) groups is 2. The number of aliphatic carboxylic acids is 1. The van der Waals surface area contributed by atoms with E-state index >= 15 is 0 Å². The second-order valence-electron chi connectivity index (χ2n) is 5.17. The lowest BCUT2D eigenvalue weighted by Crippen LogP contribution is -2.41. The van der Waals surface area contributed by atoms with Crippen LogP contribution in [0.1, 0.15) is 17.9 Å². The van der Waals surface area contributed by atoms with Gasteiger partial charge in [-0.1, -0.05) is 18.2 Å². The molecule has 2 atom stereocenters. The minimum Gasteiger partial charge on any atom is -0.481 e. The standard InChI is InChI=1S/C14H16N2O3/c1-15-7-6-12(13(15)17)16-8-10(14(18)19)9-4-2-3-5-11(9)16/h2-5,10,12H,6-8H2,1H3,(H,18,19). The van der Waals surface area contributed by atoms with Gasteiger partial charge in [0.2, 0.25) is 5.91 Å². The molecule has 1 fully saturated rings. The summed E-state index contributed by atoms with van der Waals surface area (Å²) in [5.74, 6) is -1.27. The largest absolute Gasteiger partial charge is 0.481 e. The van der Waals surface area contributed by atoms with Gasteiger partial charge in [0.05, 0.1) is 0 Å². The zero-order chi connectivity index (χ0) is 13.6. The first-order chi connectivity index (χ1) is 9.09. The zero-order valence-electron chi connectivity index (χ0n) is 10.7. The van der Waals surface area contributed by atoms with E-state index in [4.69, 9.17) is 0 Å². The number of carbonyl (C=O) groups excluding carboxylic acids is 1. The predicted octanol–water partition coefficient (Wildman–Crippen LogP) is 0.905. The van der Waals surface area contributed by atoms with Gasteiger partial charge in [0.15, 0.2) is 0 Å². The molecule has 5 nitrogen and oxygen atoms in total. The van der Waals surface area contributed by atoms with Crippen LogP contribution in [0.3, 0.4) is 0 Å². The Kier molecular flexibility index (Phi) is 2.69. The van der Waals surface area contributed by atoms with Gasteiger partial charge in [-0.05, 0) is 18.1 Å². The number of amides is 1. The Morgan fingerprint density at radius 3 is 2.74 bits per heavy atom. The van der Waals surface area contributed by atoms with E-state index in [0.29, 0.717) is 6.54 Å². The van der Waals surface area contributed by atoms with Crippen LogP contribution in [-0.2, 0) is 9.59 Å². The Hall–Kier alpha value is -2.04. The lowest BCUT2D eigenvalue weighted by Gasteiger charge is -2.25. The van der Waals surface area contributed by atoms with Crippen LogP contribution in [0.4, 0.5) is 5.69 Å². The summed E-state index contributed by atoms with van der Waals surface area (Å²) in [4.78, 5) is 27.1. The van der Waals surface area contributed by atoms with Crippen LogP contribution in [0.5, 0.6) is 0 Å². The molecular weight excluding hydrogens is 244 g/mol. The number of fused-ring (bicyclic) bond motifs is 1. The normalized spacial score (nSPS) is 25.8. The van der Waals surface area contributed by atoms with Gasteiger partial charge < -0.3 is 14.9 Å². The van der Waals surface area contributed by atoms with Crippen LogP contribution in [0.15, 0.2) is 24.3 Å². The highest BCUT2D eigenvalue weighted by Gasteiger charge is 2.41. The highest BCUT2D eigenvalue weighted by molar-refractivity contribution is 5.90. The van der Waals surface area contributed by atoms with Crippen LogP contribution in [-0.4, -0.2) is 48.1 Å². The van der Waals surface area contributed by atoms with Crippen LogP contribution in [0, 0.1) is 0 Å². The number of para-hydroxylation sites is 1. The van der Waals surface area contributed by atoms with Crippen molar-refractivity contribution in [3.8, 4) is 0 Å². The molecule has 0 aromatic heterocycles. The molecule has 100 valence electrons. The maximum atomic E-state index is 12.1. The van der Waals surface area contributed by atoms with Crippen LogP contribution < -0.4 is 4.90 Å². The Labute approximate surface area is 111 Å². The molecule has 0 aliphatic carbocycles. The number of likely N-dealkylation sites (N-methyl/N-ethyl adjacent to an activating group) is 1. The molecule has 3 rings (SSSR count).